The molecule has 10 heteroatoms. The molecule has 0 bridgehead atoms. The van der Waals surface area contributed by atoms with Crippen molar-refractivity contribution >= 4 is 23.5 Å². The number of halogens is 2. The SMILES string of the molecule is O=C(COc1ccccc1)NCC(=O)OCC(=O)Nc1ccc(OC(F)F)cc1. The number of rotatable bonds is 10. The van der Waals surface area contributed by atoms with Crippen LogP contribution in [0.1, 0.15) is 0 Å². The standard InChI is InChI=1S/C19H18F2N2O6/c20-19(21)29-15-8-6-13(7-9-15)23-17(25)12-28-18(26)10-22-16(24)11-27-14-4-2-1-3-5-14/h1-9,19H,10-12H2,(H,22,24)(H,23,25). The van der Waals surface area contributed by atoms with Crippen molar-refractivity contribution in [2.24, 2.45) is 0 Å². The molecule has 2 amide bonds. The molecule has 2 aromatic rings. The van der Waals surface area contributed by atoms with E-state index in [9.17, 15) is 23.2 Å². The highest BCUT2D eigenvalue weighted by atomic mass is 19.3. The van der Waals surface area contributed by atoms with Gasteiger partial charge in [-0.3, -0.25) is 14.4 Å². The Morgan fingerprint density at radius 3 is 2.21 bits per heavy atom. The van der Waals surface area contributed by atoms with Crippen molar-refractivity contribution in [1.82, 2.24) is 5.32 Å². The maximum Gasteiger partial charge on any atom is 0.387 e. The molecule has 2 N–H and O–H groups in total. The molecule has 29 heavy (non-hydrogen) atoms. The number of nitrogens with one attached hydrogen (secondary N) is 2. The van der Waals surface area contributed by atoms with Crippen molar-refractivity contribution in [3.05, 3.63) is 54.6 Å². The van der Waals surface area contributed by atoms with Crippen LogP contribution in [0, 0.1) is 0 Å². The van der Waals surface area contributed by atoms with Crippen LogP contribution in [0.2, 0.25) is 0 Å². The Kier molecular flexibility index (Phi) is 8.36. The first-order valence-corrected chi connectivity index (χ1v) is 8.37. The van der Waals surface area contributed by atoms with Crippen LogP contribution in [-0.4, -0.2) is 44.2 Å². The van der Waals surface area contributed by atoms with Gasteiger partial charge in [0.05, 0.1) is 0 Å². The first-order chi connectivity index (χ1) is 13.9. The molecule has 0 unspecified atom stereocenters. The van der Waals surface area contributed by atoms with E-state index in [0.717, 1.165) is 0 Å². The van der Waals surface area contributed by atoms with Gasteiger partial charge in [0.2, 0.25) is 0 Å². The van der Waals surface area contributed by atoms with E-state index >= 15 is 0 Å². The zero-order valence-corrected chi connectivity index (χ0v) is 15.1. The fraction of sp³-hybridized carbons (Fsp3) is 0.211. The molecule has 0 saturated heterocycles. The fourth-order valence-electron chi connectivity index (χ4n) is 2.00. The Labute approximate surface area is 164 Å². The van der Waals surface area contributed by atoms with Gasteiger partial charge in [-0.25, -0.2) is 0 Å². The number of carbonyl (C=O) groups excluding carboxylic acids is 3. The Hall–Kier alpha value is -3.69. The van der Waals surface area contributed by atoms with E-state index in [1.165, 1.54) is 24.3 Å². The molecule has 8 nitrogen and oxygen atoms in total. The van der Waals surface area contributed by atoms with E-state index in [2.05, 4.69) is 15.4 Å². The highest BCUT2D eigenvalue weighted by Gasteiger charge is 2.11. The second kappa shape index (κ2) is 11.2. The first kappa shape index (κ1) is 21.6. The lowest BCUT2D eigenvalue weighted by Crippen LogP contribution is -2.35. The van der Waals surface area contributed by atoms with Gasteiger partial charge >= 0.3 is 12.6 Å². The molecule has 2 aromatic carbocycles. The van der Waals surface area contributed by atoms with Crippen LogP contribution in [0.15, 0.2) is 54.6 Å². The monoisotopic (exact) mass is 408 g/mol. The molecule has 0 saturated carbocycles. The zero-order chi connectivity index (χ0) is 21.1. The third kappa shape index (κ3) is 8.69. The minimum Gasteiger partial charge on any atom is -0.484 e. The Bertz CT molecular complexity index is 815. The fourth-order valence-corrected chi connectivity index (χ4v) is 2.00. The number of hydrogen-bond donors (Lipinski definition) is 2. The van der Waals surface area contributed by atoms with E-state index < -0.39 is 37.5 Å². The van der Waals surface area contributed by atoms with Crippen molar-refractivity contribution in [2.45, 2.75) is 6.61 Å². The van der Waals surface area contributed by atoms with Crippen LogP contribution >= 0.6 is 0 Å². The van der Waals surface area contributed by atoms with E-state index in [1.807, 2.05) is 0 Å². The van der Waals surface area contributed by atoms with Gasteiger partial charge in [0.25, 0.3) is 11.8 Å². The number of benzene rings is 2. The molecule has 154 valence electrons. The van der Waals surface area contributed by atoms with Gasteiger partial charge in [-0.2, -0.15) is 8.78 Å². The highest BCUT2D eigenvalue weighted by molar-refractivity contribution is 5.93. The van der Waals surface area contributed by atoms with E-state index in [4.69, 9.17) is 9.47 Å². The quantitative estimate of drug-likeness (QED) is 0.583. The van der Waals surface area contributed by atoms with Gasteiger partial charge in [-0.1, -0.05) is 18.2 Å². The molecule has 2 rings (SSSR count). The lowest BCUT2D eigenvalue weighted by molar-refractivity contribution is -0.147. The predicted molar refractivity (Wildman–Crippen MR) is 97.6 cm³/mol. The normalized spacial score (nSPS) is 10.2. The smallest absolute Gasteiger partial charge is 0.387 e. The Morgan fingerprint density at radius 1 is 0.862 bits per heavy atom. The summed E-state index contributed by atoms with van der Waals surface area (Å²) in [5.74, 6) is -1.53. The van der Waals surface area contributed by atoms with Gasteiger partial charge in [-0.15, -0.1) is 0 Å². The number of anilines is 1. The van der Waals surface area contributed by atoms with Crippen LogP contribution in [0.4, 0.5) is 14.5 Å². The topological polar surface area (TPSA) is 103 Å². The highest BCUT2D eigenvalue weighted by Crippen LogP contribution is 2.17. The van der Waals surface area contributed by atoms with Crippen molar-refractivity contribution in [2.75, 3.05) is 25.1 Å². The number of ether oxygens (including phenoxy) is 3. The molecule has 0 aliphatic heterocycles. The molecule has 0 aliphatic carbocycles. The molecular weight excluding hydrogens is 390 g/mol. The van der Waals surface area contributed by atoms with Crippen molar-refractivity contribution < 1.29 is 37.4 Å². The summed E-state index contributed by atoms with van der Waals surface area (Å²) in [5.41, 5.74) is 0.305. The lowest BCUT2D eigenvalue weighted by Gasteiger charge is -2.09. The van der Waals surface area contributed by atoms with Crippen LogP contribution < -0.4 is 20.1 Å². The molecule has 0 spiro atoms. The maximum absolute atomic E-state index is 12.1. The molecule has 0 atom stereocenters. The summed E-state index contributed by atoms with van der Waals surface area (Å²) in [6.07, 6.45) is 0. The van der Waals surface area contributed by atoms with Crippen LogP contribution in [0.3, 0.4) is 0 Å². The van der Waals surface area contributed by atoms with E-state index in [-0.39, 0.29) is 12.4 Å². The van der Waals surface area contributed by atoms with Gasteiger partial charge in [0, 0.05) is 5.69 Å². The van der Waals surface area contributed by atoms with Crippen molar-refractivity contribution in [1.29, 1.82) is 0 Å². The van der Waals surface area contributed by atoms with Crippen LogP contribution in [0.25, 0.3) is 0 Å². The van der Waals surface area contributed by atoms with E-state index in [1.54, 1.807) is 30.3 Å². The third-order valence-corrected chi connectivity index (χ3v) is 3.27. The Balaban J connectivity index is 1.62. The first-order valence-electron chi connectivity index (χ1n) is 8.37. The lowest BCUT2D eigenvalue weighted by atomic mass is 10.3. The van der Waals surface area contributed by atoms with Crippen LogP contribution in [-0.2, 0) is 19.1 Å². The Morgan fingerprint density at radius 2 is 1.55 bits per heavy atom. The molecule has 0 fully saturated rings. The maximum atomic E-state index is 12.1. The number of alkyl halides is 2. The summed E-state index contributed by atoms with van der Waals surface area (Å²) in [6.45, 7) is -4.22. The minimum atomic E-state index is -2.94. The van der Waals surface area contributed by atoms with Gasteiger partial charge in [0.1, 0.15) is 18.0 Å². The summed E-state index contributed by atoms with van der Waals surface area (Å²) in [5, 5.41) is 4.72. The van der Waals surface area contributed by atoms with Crippen LogP contribution in [0.5, 0.6) is 11.5 Å². The second-order valence-corrected chi connectivity index (χ2v) is 5.49. The van der Waals surface area contributed by atoms with Crippen molar-refractivity contribution in [3.63, 3.8) is 0 Å². The van der Waals surface area contributed by atoms with Crippen molar-refractivity contribution in [3.8, 4) is 11.5 Å². The summed E-state index contributed by atoms with van der Waals surface area (Å²) in [6, 6.07) is 13.9. The summed E-state index contributed by atoms with van der Waals surface area (Å²) < 4.78 is 38.3. The minimum absolute atomic E-state index is 0.0589. The molecular formula is C19H18F2N2O6. The van der Waals surface area contributed by atoms with Gasteiger partial charge < -0.3 is 24.8 Å². The third-order valence-electron chi connectivity index (χ3n) is 3.27. The summed E-state index contributed by atoms with van der Waals surface area (Å²) in [4.78, 5) is 34.9. The number of amides is 2. The molecule has 0 aliphatic rings. The number of hydrogen-bond acceptors (Lipinski definition) is 6. The number of esters is 1. The summed E-state index contributed by atoms with van der Waals surface area (Å²) >= 11 is 0. The second-order valence-electron chi connectivity index (χ2n) is 5.49. The van der Waals surface area contributed by atoms with Gasteiger partial charge in [0.15, 0.2) is 13.2 Å². The molecule has 0 heterocycles. The summed E-state index contributed by atoms with van der Waals surface area (Å²) in [7, 11) is 0. The largest absolute Gasteiger partial charge is 0.484 e. The average molecular weight is 408 g/mol. The molecule has 0 radical (unpaired) electrons. The zero-order valence-electron chi connectivity index (χ0n) is 15.1. The predicted octanol–water partition coefficient (Wildman–Crippen LogP) is 1.96. The average Bonchev–Trinajstić information content (AvgIpc) is 2.71. The molecule has 0 aromatic heterocycles. The van der Waals surface area contributed by atoms with Gasteiger partial charge in [-0.05, 0) is 36.4 Å². The number of para-hydroxylation sites is 1. The van der Waals surface area contributed by atoms with E-state index in [0.29, 0.717) is 11.4 Å². The number of carbonyl (C=O) groups is 3.